The van der Waals surface area contributed by atoms with Crippen LogP contribution in [0.25, 0.3) is 0 Å². The number of aliphatic hydroxyl groups excluding tert-OH is 1. The summed E-state index contributed by atoms with van der Waals surface area (Å²) < 4.78 is 6.05. The molecule has 0 radical (unpaired) electrons. The van der Waals surface area contributed by atoms with Crippen LogP contribution < -0.4 is 0 Å². The van der Waals surface area contributed by atoms with Crippen molar-refractivity contribution in [3.8, 4) is 0 Å². The van der Waals surface area contributed by atoms with Crippen molar-refractivity contribution in [3.05, 3.63) is 23.8 Å². The van der Waals surface area contributed by atoms with E-state index in [1.165, 1.54) is 0 Å². The van der Waals surface area contributed by atoms with Gasteiger partial charge >= 0.3 is 0 Å². The van der Waals surface area contributed by atoms with Crippen molar-refractivity contribution in [2.45, 2.75) is 71.1 Å². The summed E-state index contributed by atoms with van der Waals surface area (Å²) in [5.74, 6) is 1.31. The first-order chi connectivity index (χ1) is 13.1. The van der Waals surface area contributed by atoms with Crippen molar-refractivity contribution >= 4 is 17.5 Å². The van der Waals surface area contributed by atoms with Crippen molar-refractivity contribution in [3.63, 3.8) is 0 Å². The van der Waals surface area contributed by atoms with Crippen LogP contribution in [0.1, 0.15) is 53.4 Å². The van der Waals surface area contributed by atoms with Gasteiger partial charge in [-0.25, -0.2) is 4.99 Å². The van der Waals surface area contributed by atoms with Crippen LogP contribution in [0.5, 0.6) is 0 Å². The first-order valence-corrected chi connectivity index (χ1v) is 10.5. The quantitative estimate of drug-likeness (QED) is 0.755. The van der Waals surface area contributed by atoms with Crippen LogP contribution in [0.4, 0.5) is 0 Å². The van der Waals surface area contributed by atoms with Crippen molar-refractivity contribution in [1.82, 2.24) is 0 Å². The number of nitrogens with zero attached hydrogens (tertiary/aromatic N) is 1. The number of carbonyl (C=O) groups excluding carboxylic acids is 2. The fourth-order valence-corrected chi connectivity index (χ4v) is 7.84. The maximum Gasteiger partial charge on any atom is 0.181 e. The summed E-state index contributed by atoms with van der Waals surface area (Å²) in [5, 5.41) is 11.4. The molecule has 150 valence electrons. The summed E-state index contributed by atoms with van der Waals surface area (Å²) >= 11 is 0. The zero-order valence-corrected chi connectivity index (χ0v) is 17.1. The van der Waals surface area contributed by atoms with Crippen LogP contribution >= 0.6 is 0 Å². The lowest BCUT2D eigenvalue weighted by Crippen LogP contribution is -2.61. The van der Waals surface area contributed by atoms with Crippen molar-refractivity contribution in [2.24, 2.45) is 33.6 Å². The van der Waals surface area contributed by atoms with E-state index in [9.17, 15) is 14.7 Å². The molecule has 1 N–H and O–H groups in total. The standard InChI is InChI=1S/C23H29NO4/c1-12(25)23-19(28-13(2)24-23)10-17-16-6-5-14-9-15(26)7-8-21(14,3)20(16)18(27)11-22(17,23)4/h7-9,16-20,27H,5-6,10-11H2,1-4H3/t16-,17-,18+,19-,20+,21+,22+,23+/m1/s1. The molecule has 0 saturated heterocycles. The number of hydrogen-bond acceptors (Lipinski definition) is 5. The van der Waals surface area contributed by atoms with E-state index in [2.05, 4.69) is 13.8 Å². The average Bonchev–Trinajstić information content (AvgIpc) is 3.06. The molecule has 1 aliphatic heterocycles. The van der Waals surface area contributed by atoms with Gasteiger partial charge in [-0.15, -0.1) is 0 Å². The molecule has 0 spiro atoms. The van der Waals surface area contributed by atoms with E-state index in [4.69, 9.17) is 9.73 Å². The van der Waals surface area contributed by atoms with E-state index in [1.54, 1.807) is 19.1 Å². The first kappa shape index (κ1) is 18.3. The van der Waals surface area contributed by atoms with E-state index in [0.717, 1.165) is 24.8 Å². The van der Waals surface area contributed by atoms with Crippen LogP contribution in [-0.4, -0.2) is 40.3 Å². The van der Waals surface area contributed by atoms with Gasteiger partial charge in [-0.3, -0.25) is 9.59 Å². The Morgan fingerprint density at radius 3 is 2.82 bits per heavy atom. The third-order valence-corrected chi connectivity index (χ3v) is 8.87. The second kappa shape index (κ2) is 5.44. The lowest BCUT2D eigenvalue weighted by Gasteiger charge is -2.59. The summed E-state index contributed by atoms with van der Waals surface area (Å²) in [5.41, 5.74) is -0.427. The monoisotopic (exact) mass is 383 g/mol. The normalized spacial score (nSPS) is 51.3. The Labute approximate surface area is 165 Å². The summed E-state index contributed by atoms with van der Waals surface area (Å²) in [6, 6.07) is 0. The van der Waals surface area contributed by atoms with Crippen molar-refractivity contribution in [2.75, 3.05) is 0 Å². The molecule has 5 heteroatoms. The predicted molar refractivity (Wildman–Crippen MR) is 105 cm³/mol. The number of ketones is 2. The molecule has 5 nitrogen and oxygen atoms in total. The summed E-state index contributed by atoms with van der Waals surface area (Å²) in [6.07, 6.45) is 7.84. The van der Waals surface area contributed by atoms with Crippen LogP contribution in [0.15, 0.2) is 28.8 Å². The molecule has 0 unspecified atom stereocenters. The number of ether oxygens (including phenoxy) is 1. The minimum atomic E-state index is -0.872. The molecule has 8 atom stereocenters. The Morgan fingerprint density at radius 1 is 1.36 bits per heavy atom. The number of Topliss-reactive ketones (excluding diaryl/α,β-unsaturated/α-hetero) is 1. The number of allylic oxidation sites excluding steroid dienone is 4. The maximum absolute atomic E-state index is 12.9. The Kier molecular flexibility index (Phi) is 3.55. The third kappa shape index (κ3) is 1.94. The summed E-state index contributed by atoms with van der Waals surface area (Å²) in [4.78, 5) is 29.6. The molecule has 3 saturated carbocycles. The second-order valence-corrected chi connectivity index (χ2v) is 10.0. The van der Waals surface area contributed by atoms with Gasteiger partial charge in [-0.2, -0.15) is 0 Å². The molecule has 28 heavy (non-hydrogen) atoms. The predicted octanol–water partition coefficient (Wildman–Crippen LogP) is 3.02. The molecule has 0 aromatic carbocycles. The van der Waals surface area contributed by atoms with Gasteiger partial charge in [0.15, 0.2) is 23.0 Å². The highest BCUT2D eigenvalue weighted by molar-refractivity contribution is 6.01. The number of aliphatic hydroxyl groups is 1. The zero-order valence-electron chi connectivity index (χ0n) is 17.1. The van der Waals surface area contributed by atoms with Gasteiger partial charge in [0.2, 0.25) is 0 Å². The molecule has 5 rings (SSSR count). The van der Waals surface area contributed by atoms with Crippen molar-refractivity contribution < 1.29 is 19.4 Å². The molecule has 0 bridgehead atoms. The zero-order chi connectivity index (χ0) is 20.1. The van der Waals surface area contributed by atoms with E-state index in [1.807, 2.05) is 13.0 Å². The Balaban J connectivity index is 1.61. The Morgan fingerprint density at radius 2 is 2.11 bits per heavy atom. The fourth-order valence-electron chi connectivity index (χ4n) is 7.84. The van der Waals surface area contributed by atoms with E-state index in [-0.39, 0.29) is 40.8 Å². The molecule has 5 aliphatic rings. The highest BCUT2D eigenvalue weighted by Crippen LogP contribution is 2.69. The van der Waals surface area contributed by atoms with Gasteiger partial charge in [-0.1, -0.05) is 25.5 Å². The smallest absolute Gasteiger partial charge is 0.181 e. The van der Waals surface area contributed by atoms with Crippen LogP contribution in [-0.2, 0) is 14.3 Å². The van der Waals surface area contributed by atoms with Gasteiger partial charge < -0.3 is 9.84 Å². The topological polar surface area (TPSA) is 76.0 Å². The Bertz CT molecular complexity index is 872. The van der Waals surface area contributed by atoms with Crippen molar-refractivity contribution in [1.29, 1.82) is 0 Å². The number of rotatable bonds is 1. The lowest BCUT2D eigenvalue weighted by molar-refractivity contribution is -0.142. The van der Waals surface area contributed by atoms with E-state index in [0.29, 0.717) is 12.3 Å². The number of carbonyl (C=O) groups is 2. The number of fused-ring (bicyclic) bond motifs is 7. The highest BCUT2D eigenvalue weighted by atomic mass is 16.5. The number of hydrogen-bond donors (Lipinski definition) is 1. The van der Waals surface area contributed by atoms with Gasteiger partial charge in [0, 0.05) is 23.7 Å². The van der Waals surface area contributed by atoms with Gasteiger partial charge in [0.1, 0.15) is 6.10 Å². The highest BCUT2D eigenvalue weighted by Gasteiger charge is 2.73. The third-order valence-electron chi connectivity index (χ3n) is 8.87. The molecule has 0 aromatic heterocycles. The van der Waals surface area contributed by atoms with Crippen LogP contribution in [0.3, 0.4) is 0 Å². The molecule has 3 fully saturated rings. The van der Waals surface area contributed by atoms with E-state index < -0.39 is 17.1 Å². The summed E-state index contributed by atoms with van der Waals surface area (Å²) in [6.45, 7) is 7.77. The molecular formula is C23H29NO4. The van der Waals surface area contributed by atoms with Gasteiger partial charge in [0.25, 0.3) is 0 Å². The average molecular weight is 383 g/mol. The molecule has 0 amide bonds. The molecule has 4 aliphatic carbocycles. The van der Waals surface area contributed by atoms with Crippen LogP contribution in [0, 0.1) is 28.6 Å². The summed E-state index contributed by atoms with van der Waals surface area (Å²) in [7, 11) is 0. The molecule has 0 aromatic rings. The van der Waals surface area contributed by atoms with Gasteiger partial charge in [-0.05, 0) is 56.6 Å². The largest absolute Gasteiger partial charge is 0.475 e. The van der Waals surface area contributed by atoms with Crippen LogP contribution in [0.2, 0.25) is 0 Å². The lowest BCUT2D eigenvalue weighted by atomic mass is 9.46. The molecular weight excluding hydrogens is 354 g/mol. The minimum absolute atomic E-state index is 0.0465. The second-order valence-electron chi connectivity index (χ2n) is 10.0. The number of aliphatic imine (C=N–C) groups is 1. The minimum Gasteiger partial charge on any atom is -0.475 e. The fraction of sp³-hybridized carbons (Fsp3) is 0.696. The SMILES string of the molecule is CC(=O)[C@]12N=C(C)O[C@@H]1C[C@@H]1[C@H]3CCC4=CC(=O)C=C[C@]4(C)[C@@H]3[C@@H](O)C[C@@]12C. The van der Waals surface area contributed by atoms with Gasteiger partial charge in [0.05, 0.1) is 6.10 Å². The first-order valence-electron chi connectivity index (χ1n) is 10.5. The van der Waals surface area contributed by atoms with E-state index >= 15 is 0 Å². The molecule has 1 heterocycles. The maximum atomic E-state index is 12.9. The Hall–Kier alpha value is -1.75.